The van der Waals surface area contributed by atoms with Gasteiger partial charge in [-0.1, -0.05) is 11.6 Å². The van der Waals surface area contributed by atoms with Crippen LogP contribution in [0.25, 0.3) is 0 Å². The molecule has 0 amide bonds. The van der Waals surface area contributed by atoms with Gasteiger partial charge in [-0.25, -0.2) is 9.97 Å². The largest absolute Gasteiger partial charge is 0.353 e. The third-order valence-electron chi connectivity index (χ3n) is 2.73. The number of aldehydes is 1. The Bertz CT molecular complexity index is 390. The van der Waals surface area contributed by atoms with Gasteiger partial charge in [-0.05, 0) is 7.05 Å². The van der Waals surface area contributed by atoms with Gasteiger partial charge in [0.2, 0.25) is 0 Å². The van der Waals surface area contributed by atoms with E-state index in [1.807, 2.05) is 0 Å². The van der Waals surface area contributed by atoms with Crippen LogP contribution in [0.4, 0.5) is 5.82 Å². The molecule has 1 fully saturated rings. The number of hydrogen-bond acceptors (Lipinski definition) is 5. The first-order valence-corrected chi connectivity index (χ1v) is 5.49. The molecule has 0 aliphatic carbocycles. The zero-order valence-electron chi connectivity index (χ0n) is 9.06. The number of hydrogen-bond donors (Lipinski definition) is 0. The molecule has 0 unspecified atom stereocenters. The number of nitrogens with zero attached hydrogens (tertiary/aromatic N) is 4. The highest BCUT2D eigenvalue weighted by Crippen LogP contribution is 2.22. The summed E-state index contributed by atoms with van der Waals surface area (Å²) in [7, 11) is 2.07. The minimum Gasteiger partial charge on any atom is -0.353 e. The van der Waals surface area contributed by atoms with E-state index in [0.717, 1.165) is 32.5 Å². The van der Waals surface area contributed by atoms with Crippen molar-refractivity contribution in [2.75, 3.05) is 38.1 Å². The lowest BCUT2D eigenvalue weighted by molar-refractivity contribution is 0.112. The average molecular weight is 241 g/mol. The van der Waals surface area contributed by atoms with Crippen LogP contribution in [-0.4, -0.2) is 54.4 Å². The standard InChI is InChI=1S/C10H13ClN4O/c1-14-2-4-15(5-3-14)10-8(6-16)9(11)12-7-13-10/h6-7H,2-5H2,1H3. The Morgan fingerprint density at radius 3 is 2.62 bits per heavy atom. The molecule has 5 nitrogen and oxygen atoms in total. The Morgan fingerprint density at radius 2 is 2.00 bits per heavy atom. The van der Waals surface area contributed by atoms with Gasteiger partial charge in [0, 0.05) is 26.2 Å². The molecule has 0 bridgehead atoms. The van der Waals surface area contributed by atoms with Gasteiger partial charge in [-0.2, -0.15) is 0 Å². The topological polar surface area (TPSA) is 49.3 Å². The van der Waals surface area contributed by atoms with Crippen molar-refractivity contribution in [1.29, 1.82) is 0 Å². The van der Waals surface area contributed by atoms with E-state index >= 15 is 0 Å². The maximum absolute atomic E-state index is 11.0. The maximum atomic E-state index is 11.0. The number of halogens is 1. The SMILES string of the molecule is CN1CCN(c2ncnc(Cl)c2C=O)CC1. The highest BCUT2D eigenvalue weighted by molar-refractivity contribution is 6.32. The van der Waals surface area contributed by atoms with Gasteiger partial charge >= 0.3 is 0 Å². The summed E-state index contributed by atoms with van der Waals surface area (Å²) in [6.07, 6.45) is 2.11. The van der Waals surface area contributed by atoms with Gasteiger partial charge in [0.05, 0.1) is 5.56 Å². The summed E-state index contributed by atoms with van der Waals surface area (Å²) >= 11 is 5.86. The van der Waals surface area contributed by atoms with Crippen LogP contribution in [-0.2, 0) is 0 Å². The number of likely N-dealkylation sites (N-methyl/N-ethyl adjacent to an activating group) is 1. The smallest absolute Gasteiger partial charge is 0.156 e. The maximum Gasteiger partial charge on any atom is 0.156 e. The Labute approximate surface area is 99.0 Å². The van der Waals surface area contributed by atoms with Crippen molar-refractivity contribution in [1.82, 2.24) is 14.9 Å². The van der Waals surface area contributed by atoms with Crippen LogP contribution in [0.1, 0.15) is 10.4 Å². The number of piperazine rings is 1. The summed E-state index contributed by atoms with van der Waals surface area (Å²) in [5, 5.41) is 0.221. The Kier molecular flexibility index (Phi) is 3.36. The van der Waals surface area contributed by atoms with Crippen LogP contribution in [0.15, 0.2) is 6.33 Å². The van der Waals surface area contributed by atoms with Gasteiger partial charge in [0.25, 0.3) is 0 Å². The lowest BCUT2D eigenvalue weighted by atomic mass is 10.2. The van der Waals surface area contributed by atoms with Crippen LogP contribution in [0, 0.1) is 0 Å². The lowest BCUT2D eigenvalue weighted by Gasteiger charge is -2.33. The van der Waals surface area contributed by atoms with E-state index < -0.39 is 0 Å². The fraction of sp³-hybridized carbons (Fsp3) is 0.500. The second-order valence-corrected chi connectivity index (χ2v) is 4.17. The van der Waals surface area contributed by atoms with Gasteiger partial charge in [0.15, 0.2) is 6.29 Å². The van der Waals surface area contributed by atoms with Crippen LogP contribution in [0.5, 0.6) is 0 Å². The van der Waals surface area contributed by atoms with Crippen LogP contribution in [0.3, 0.4) is 0 Å². The molecule has 0 aromatic carbocycles. The molecule has 0 radical (unpaired) electrons. The molecule has 0 N–H and O–H groups in total. The van der Waals surface area contributed by atoms with Crippen molar-refractivity contribution in [3.8, 4) is 0 Å². The number of rotatable bonds is 2. The zero-order valence-corrected chi connectivity index (χ0v) is 9.81. The quantitative estimate of drug-likeness (QED) is 0.563. The molecule has 16 heavy (non-hydrogen) atoms. The van der Waals surface area contributed by atoms with Crippen molar-refractivity contribution in [2.24, 2.45) is 0 Å². The molecule has 86 valence electrons. The van der Waals surface area contributed by atoms with Crippen molar-refractivity contribution in [3.63, 3.8) is 0 Å². The molecule has 6 heteroatoms. The molecule has 0 spiro atoms. The summed E-state index contributed by atoms with van der Waals surface area (Å²) < 4.78 is 0. The van der Waals surface area contributed by atoms with Gasteiger partial charge < -0.3 is 9.80 Å². The van der Waals surface area contributed by atoms with E-state index in [4.69, 9.17) is 11.6 Å². The molecule has 2 rings (SSSR count). The monoisotopic (exact) mass is 240 g/mol. The highest BCUT2D eigenvalue weighted by Gasteiger charge is 2.19. The van der Waals surface area contributed by atoms with Crippen molar-refractivity contribution >= 4 is 23.7 Å². The van der Waals surface area contributed by atoms with Crippen LogP contribution < -0.4 is 4.90 Å². The van der Waals surface area contributed by atoms with Crippen LogP contribution in [0.2, 0.25) is 5.15 Å². The van der Waals surface area contributed by atoms with E-state index in [0.29, 0.717) is 11.4 Å². The number of aromatic nitrogens is 2. The van der Waals surface area contributed by atoms with E-state index in [1.54, 1.807) is 0 Å². The first-order chi connectivity index (χ1) is 7.72. The van der Waals surface area contributed by atoms with E-state index in [1.165, 1.54) is 6.33 Å². The average Bonchev–Trinajstić information content (AvgIpc) is 2.30. The number of carbonyl (C=O) groups is 1. The fourth-order valence-electron chi connectivity index (χ4n) is 1.74. The van der Waals surface area contributed by atoms with Gasteiger partial charge in [-0.15, -0.1) is 0 Å². The number of carbonyl (C=O) groups excluding carboxylic acids is 1. The molecule has 1 aliphatic rings. The molecule has 2 heterocycles. The molecular formula is C10H13ClN4O. The third kappa shape index (κ3) is 2.15. The Morgan fingerprint density at radius 1 is 1.31 bits per heavy atom. The van der Waals surface area contributed by atoms with Crippen LogP contribution >= 0.6 is 11.6 Å². The lowest BCUT2D eigenvalue weighted by Crippen LogP contribution is -2.45. The molecule has 0 atom stereocenters. The predicted octanol–water partition coefficient (Wildman–Crippen LogP) is 0.694. The summed E-state index contributed by atoms with van der Waals surface area (Å²) in [4.78, 5) is 23.2. The minimum absolute atomic E-state index is 0.221. The van der Waals surface area contributed by atoms with E-state index in [-0.39, 0.29) is 5.15 Å². The minimum atomic E-state index is 0.221. The summed E-state index contributed by atoms with van der Waals surface area (Å²) in [5.41, 5.74) is 0.383. The molecule has 1 aromatic rings. The second kappa shape index (κ2) is 4.76. The van der Waals surface area contributed by atoms with Crippen molar-refractivity contribution in [2.45, 2.75) is 0 Å². The number of anilines is 1. The third-order valence-corrected chi connectivity index (χ3v) is 3.04. The van der Waals surface area contributed by atoms with Crippen molar-refractivity contribution in [3.05, 3.63) is 17.0 Å². The summed E-state index contributed by atoms with van der Waals surface area (Å²) in [6, 6.07) is 0. The Balaban J connectivity index is 2.26. The first-order valence-electron chi connectivity index (χ1n) is 5.11. The molecule has 0 saturated carbocycles. The summed E-state index contributed by atoms with van der Waals surface area (Å²) in [5.74, 6) is 0.642. The molecule has 1 aliphatic heterocycles. The summed E-state index contributed by atoms with van der Waals surface area (Å²) in [6.45, 7) is 3.62. The normalized spacial score (nSPS) is 17.5. The zero-order chi connectivity index (χ0) is 11.5. The molecule has 1 aromatic heterocycles. The van der Waals surface area contributed by atoms with E-state index in [2.05, 4.69) is 26.8 Å². The second-order valence-electron chi connectivity index (χ2n) is 3.81. The van der Waals surface area contributed by atoms with Crippen molar-refractivity contribution < 1.29 is 4.79 Å². The first kappa shape index (κ1) is 11.3. The Hall–Kier alpha value is -1.20. The highest BCUT2D eigenvalue weighted by atomic mass is 35.5. The predicted molar refractivity (Wildman–Crippen MR) is 62.1 cm³/mol. The van der Waals surface area contributed by atoms with E-state index in [9.17, 15) is 4.79 Å². The molecule has 1 saturated heterocycles. The van der Waals surface area contributed by atoms with Gasteiger partial charge in [-0.3, -0.25) is 4.79 Å². The molecular weight excluding hydrogens is 228 g/mol. The van der Waals surface area contributed by atoms with Gasteiger partial charge in [0.1, 0.15) is 17.3 Å². The fourth-order valence-corrected chi connectivity index (χ4v) is 1.91.